The summed E-state index contributed by atoms with van der Waals surface area (Å²) in [4.78, 5) is 14.1. The normalized spacial score (nSPS) is 19.2. The molecule has 0 N–H and O–H groups in total. The van der Waals surface area contributed by atoms with E-state index < -0.39 is 0 Å². The molecule has 1 aliphatic heterocycles. The van der Waals surface area contributed by atoms with Crippen LogP contribution in [0, 0.1) is 12.0 Å². The number of nitrogens with zero attached hydrogens (tertiary/aromatic N) is 1. The smallest absolute Gasteiger partial charge is 0.307 e. The molecule has 0 spiro atoms. The van der Waals surface area contributed by atoms with Crippen molar-refractivity contribution < 1.29 is 23.7 Å². The summed E-state index contributed by atoms with van der Waals surface area (Å²) < 4.78 is 22.4. The Hall–Kier alpha value is -2.81. The minimum Gasteiger partial charge on any atom is -0.493 e. The topological polar surface area (TPSA) is 57.2 Å². The van der Waals surface area contributed by atoms with Crippen LogP contribution < -0.4 is 9.47 Å². The fourth-order valence-corrected chi connectivity index (χ4v) is 3.97. The van der Waals surface area contributed by atoms with Crippen molar-refractivity contribution in [2.24, 2.45) is 0 Å². The first kappa shape index (κ1) is 22.9. The van der Waals surface area contributed by atoms with Gasteiger partial charge in [0, 0.05) is 12.5 Å². The van der Waals surface area contributed by atoms with E-state index in [-0.39, 0.29) is 30.6 Å². The number of ether oxygens (including phenoxy) is 4. The molecular formula is C25H33NO5. The molecule has 2 aliphatic rings. The summed E-state index contributed by atoms with van der Waals surface area (Å²) in [5.74, 6) is 4.05. The second kappa shape index (κ2) is 11.0. The number of allylic oxidation sites excluding steroid dienone is 1. The lowest BCUT2D eigenvalue weighted by Crippen LogP contribution is -2.26. The largest absolute Gasteiger partial charge is 0.493 e. The monoisotopic (exact) mass is 427 g/mol. The molecule has 168 valence electrons. The first-order valence-electron chi connectivity index (χ1n) is 11.2. The quantitative estimate of drug-likeness (QED) is 0.432. The van der Waals surface area contributed by atoms with Gasteiger partial charge in [-0.25, -0.2) is 0 Å². The number of benzene rings is 1. The highest BCUT2D eigenvalue weighted by Gasteiger charge is 2.25. The third kappa shape index (κ3) is 5.66. The van der Waals surface area contributed by atoms with Crippen LogP contribution in [0.2, 0.25) is 0 Å². The molecule has 6 heteroatoms. The van der Waals surface area contributed by atoms with Gasteiger partial charge in [0.15, 0.2) is 17.7 Å². The molecule has 1 aromatic rings. The van der Waals surface area contributed by atoms with Gasteiger partial charge in [0.1, 0.15) is 6.26 Å². The third-order valence-corrected chi connectivity index (χ3v) is 5.81. The summed E-state index contributed by atoms with van der Waals surface area (Å²) in [6.07, 6.45) is 8.18. The Morgan fingerprint density at radius 2 is 2.00 bits per heavy atom. The highest BCUT2D eigenvalue weighted by molar-refractivity contribution is 5.71. The second-order valence-corrected chi connectivity index (χ2v) is 7.86. The van der Waals surface area contributed by atoms with Crippen LogP contribution in [0.1, 0.15) is 70.3 Å². The molecule has 0 saturated heterocycles. The highest BCUT2D eigenvalue weighted by atomic mass is 16.5. The van der Waals surface area contributed by atoms with Crippen LogP contribution in [-0.4, -0.2) is 37.4 Å². The van der Waals surface area contributed by atoms with E-state index in [1.165, 1.54) is 20.0 Å². The van der Waals surface area contributed by atoms with E-state index in [9.17, 15) is 4.79 Å². The summed E-state index contributed by atoms with van der Waals surface area (Å²) in [7, 11) is 3.04. The Labute approximate surface area is 185 Å². The Kier molecular flexibility index (Phi) is 8.11. The molecule has 3 rings (SSSR count). The van der Waals surface area contributed by atoms with Crippen LogP contribution in [-0.2, 0) is 14.3 Å². The lowest BCUT2D eigenvalue weighted by atomic mass is 9.96. The van der Waals surface area contributed by atoms with Gasteiger partial charge in [-0.2, -0.15) is 0 Å². The molecular weight excluding hydrogens is 394 g/mol. The van der Waals surface area contributed by atoms with Gasteiger partial charge in [0.05, 0.1) is 38.4 Å². The van der Waals surface area contributed by atoms with E-state index in [1.54, 1.807) is 13.4 Å². The van der Waals surface area contributed by atoms with Crippen LogP contribution in [0.25, 0.3) is 0 Å². The molecule has 0 bridgehead atoms. The predicted molar refractivity (Wildman–Crippen MR) is 118 cm³/mol. The number of carbonyl (C=O) groups excluding carboxylic acids is 1. The Bertz CT molecular complexity index is 847. The van der Waals surface area contributed by atoms with Gasteiger partial charge in [-0.05, 0) is 49.8 Å². The van der Waals surface area contributed by atoms with Gasteiger partial charge in [-0.15, -0.1) is 0 Å². The minimum absolute atomic E-state index is 0.0987. The standard InChI is InChI=1S/C25H33NO5/c1-5-20-17-30-24(6-2)26(20)14-13-19(16-25(27)29-4)18-11-12-22(28-3)23(15-18)31-21-9-7-8-10-21/h11-12,15,17,19,21,24H,5-10,16H2,1-4H3/t19?,24-/m0/s1. The first-order valence-corrected chi connectivity index (χ1v) is 11.2. The number of esters is 1. The molecule has 1 heterocycles. The maximum Gasteiger partial charge on any atom is 0.307 e. The molecule has 6 nitrogen and oxygen atoms in total. The second-order valence-electron chi connectivity index (χ2n) is 7.86. The van der Waals surface area contributed by atoms with Crippen molar-refractivity contribution >= 4 is 5.97 Å². The zero-order chi connectivity index (χ0) is 22.2. The van der Waals surface area contributed by atoms with Crippen LogP contribution in [0.3, 0.4) is 0 Å². The average Bonchev–Trinajstić information content (AvgIpc) is 3.45. The van der Waals surface area contributed by atoms with Crippen LogP contribution >= 0.6 is 0 Å². The maximum atomic E-state index is 12.1. The first-order chi connectivity index (χ1) is 15.1. The molecule has 0 radical (unpaired) electrons. The van der Waals surface area contributed by atoms with E-state index in [0.717, 1.165) is 36.9 Å². The van der Waals surface area contributed by atoms with Crippen molar-refractivity contribution in [2.45, 2.75) is 77.0 Å². The summed E-state index contributed by atoms with van der Waals surface area (Å²) in [5, 5.41) is 0. The van der Waals surface area contributed by atoms with Gasteiger partial charge in [0.25, 0.3) is 0 Å². The van der Waals surface area contributed by atoms with Gasteiger partial charge in [-0.3, -0.25) is 9.69 Å². The van der Waals surface area contributed by atoms with Crippen molar-refractivity contribution in [1.82, 2.24) is 4.90 Å². The van der Waals surface area contributed by atoms with E-state index in [0.29, 0.717) is 11.5 Å². The predicted octanol–water partition coefficient (Wildman–Crippen LogP) is 4.94. The zero-order valence-corrected chi connectivity index (χ0v) is 19.0. The van der Waals surface area contributed by atoms with Crippen molar-refractivity contribution in [3.05, 3.63) is 35.7 Å². The summed E-state index contributed by atoms with van der Waals surface area (Å²) in [6, 6.07) is 9.02. The molecule has 1 fully saturated rings. The fourth-order valence-electron chi connectivity index (χ4n) is 3.97. The highest BCUT2D eigenvalue weighted by Crippen LogP contribution is 2.35. The Morgan fingerprint density at radius 3 is 2.65 bits per heavy atom. The SMILES string of the molecule is CCC1=CO[C@@H](CC)N1C#CC(CC(=O)OC)c1ccc(OC)c(OC2CCCC2)c1. The minimum atomic E-state index is -0.333. The summed E-state index contributed by atoms with van der Waals surface area (Å²) in [5.41, 5.74) is 1.94. The van der Waals surface area contributed by atoms with Gasteiger partial charge >= 0.3 is 5.97 Å². The van der Waals surface area contributed by atoms with Crippen LogP contribution in [0.15, 0.2) is 30.2 Å². The number of carbonyl (C=O) groups is 1. The number of methoxy groups -OCH3 is 2. The van der Waals surface area contributed by atoms with Crippen LogP contribution in [0.4, 0.5) is 0 Å². The van der Waals surface area contributed by atoms with Gasteiger partial charge in [0.2, 0.25) is 0 Å². The number of hydrogen-bond donors (Lipinski definition) is 0. The molecule has 1 aromatic carbocycles. The Balaban J connectivity index is 1.90. The lowest BCUT2D eigenvalue weighted by Gasteiger charge is -2.21. The van der Waals surface area contributed by atoms with E-state index in [4.69, 9.17) is 18.9 Å². The van der Waals surface area contributed by atoms with E-state index in [1.807, 2.05) is 23.1 Å². The van der Waals surface area contributed by atoms with E-state index in [2.05, 4.69) is 25.8 Å². The molecule has 1 saturated carbocycles. The van der Waals surface area contributed by atoms with Gasteiger partial charge < -0.3 is 18.9 Å². The molecule has 2 atom stereocenters. The average molecular weight is 428 g/mol. The molecule has 31 heavy (non-hydrogen) atoms. The van der Waals surface area contributed by atoms with Crippen molar-refractivity contribution in [1.29, 1.82) is 0 Å². The zero-order valence-electron chi connectivity index (χ0n) is 19.0. The van der Waals surface area contributed by atoms with Crippen molar-refractivity contribution in [3.63, 3.8) is 0 Å². The number of hydrogen-bond acceptors (Lipinski definition) is 6. The number of rotatable bonds is 8. The third-order valence-electron chi connectivity index (χ3n) is 5.81. The molecule has 1 unspecified atom stereocenters. The Morgan fingerprint density at radius 1 is 1.23 bits per heavy atom. The van der Waals surface area contributed by atoms with Crippen LogP contribution in [0.5, 0.6) is 11.5 Å². The molecule has 0 amide bonds. The van der Waals surface area contributed by atoms with Crippen molar-refractivity contribution in [3.8, 4) is 23.5 Å². The van der Waals surface area contributed by atoms with Gasteiger partial charge in [-0.1, -0.05) is 25.8 Å². The maximum absolute atomic E-state index is 12.1. The summed E-state index contributed by atoms with van der Waals surface area (Å²) >= 11 is 0. The lowest BCUT2D eigenvalue weighted by molar-refractivity contribution is -0.140. The molecule has 0 aromatic heterocycles. The summed E-state index contributed by atoms with van der Waals surface area (Å²) in [6.45, 7) is 4.14. The van der Waals surface area contributed by atoms with E-state index >= 15 is 0 Å². The fraction of sp³-hybridized carbons (Fsp3) is 0.560. The molecule has 1 aliphatic carbocycles. The van der Waals surface area contributed by atoms with Crippen molar-refractivity contribution in [2.75, 3.05) is 14.2 Å².